The Balaban J connectivity index is 2.29. The normalized spacial score (nSPS) is 10.8. The molecule has 2 aromatic rings. The highest BCUT2D eigenvalue weighted by molar-refractivity contribution is 5.86. The number of ether oxygens (including phenoxy) is 1. The minimum absolute atomic E-state index is 0.0140. The van der Waals surface area contributed by atoms with Crippen LogP contribution in [0.2, 0.25) is 0 Å². The first-order chi connectivity index (χ1) is 8.70. The highest BCUT2D eigenvalue weighted by Gasteiger charge is 2.04. The smallest absolute Gasteiger partial charge is 0.166 e. The molecule has 0 aromatic heterocycles. The molecule has 0 heterocycles. The van der Waals surface area contributed by atoms with E-state index in [0.29, 0.717) is 17.0 Å². The summed E-state index contributed by atoms with van der Waals surface area (Å²) in [6.45, 7) is 0. The van der Waals surface area contributed by atoms with Gasteiger partial charge in [0.15, 0.2) is 11.5 Å². The zero-order chi connectivity index (χ0) is 13.0. The van der Waals surface area contributed by atoms with Crippen LogP contribution in [0.1, 0.15) is 5.56 Å². The molecule has 0 unspecified atom stereocenters. The van der Waals surface area contributed by atoms with Gasteiger partial charge < -0.3 is 9.84 Å². The Morgan fingerprint density at radius 1 is 1.22 bits per heavy atom. The summed E-state index contributed by atoms with van der Waals surface area (Å²) in [6, 6.07) is 11.0. The van der Waals surface area contributed by atoms with E-state index in [9.17, 15) is 9.50 Å². The molecule has 0 aliphatic carbocycles. The van der Waals surface area contributed by atoms with E-state index >= 15 is 0 Å². The molecule has 4 heteroatoms. The summed E-state index contributed by atoms with van der Waals surface area (Å²) >= 11 is 0. The Labute approximate surface area is 104 Å². The van der Waals surface area contributed by atoms with Crippen LogP contribution in [0.3, 0.4) is 0 Å². The quantitative estimate of drug-likeness (QED) is 0.843. The molecule has 1 N–H and O–H groups in total. The molecule has 2 rings (SSSR count). The van der Waals surface area contributed by atoms with Crippen molar-refractivity contribution in [3.05, 3.63) is 53.8 Å². The topological polar surface area (TPSA) is 41.8 Å². The Morgan fingerprint density at radius 2 is 2.00 bits per heavy atom. The van der Waals surface area contributed by atoms with Gasteiger partial charge in [-0.05, 0) is 30.3 Å². The first-order valence-electron chi connectivity index (χ1n) is 5.36. The lowest BCUT2D eigenvalue weighted by molar-refractivity contribution is 0.373. The predicted octanol–water partition coefficient (Wildman–Crippen LogP) is 3.29. The van der Waals surface area contributed by atoms with Crippen molar-refractivity contribution in [2.45, 2.75) is 0 Å². The van der Waals surface area contributed by atoms with Crippen LogP contribution in [0.25, 0.3) is 0 Å². The molecule has 0 radical (unpaired) electrons. The van der Waals surface area contributed by atoms with E-state index in [2.05, 4.69) is 4.99 Å². The molecule has 2 aromatic carbocycles. The molecule has 0 saturated heterocycles. The number of rotatable bonds is 3. The van der Waals surface area contributed by atoms with E-state index in [4.69, 9.17) is 4.74 Å². The lowest BCUT2D eigenvalue weighted by atomic mass is 10.2. The fourth-order valence-electron chi connectivity index (χ4n) is 1.51. The molecule has 0 amide bonds. The van der Waals surface area contributed by atoms with Gasteiger partial charge in [-0.2, -0.15) is 0 Å². The molecular formula is C14H12FNO2. The monoisotopic (exact) mass is 245 g/mol. The molecule has 0 fully saturated rings. The van der Waals surface area contributed by atoms with Crippen LogP contribution in [0, 0.1) is 5.82 Å². The Hall–Kier alpha value is -2.36. The van der Waals surface area contributed by atoms with Gasteiger partial charge >= 0.3 is 0 Å². The van der Waals surface area contributed by atoms with Crippen molar-refractivity contribution in [2.24, 2.45) is 4.99 Å². The van der Waals surface area contributed by atoms with Gasteiger partial charge in [-0.15, -0.1) is 0 Å². The molecule has 0 aliphatic heterocycles. The van der Waals surface area contributed by atoms with Gasteiger partial charge in [-0.25, -0.2) is 4.39 Å². The highest BCUT2D eigenvalue weighted by Crippen LogP contribution is 2.28. The molecule has 0 atom stereocenters. The summed E-state index contributed by atoms with van der Waals surface area (Å²) in [4.78, 5) is 4.09. The van der Waals surface area contributed by atoms with Gasteiger partial charge in [0.05, 0.1) is 12.8 Å². The number of hydrogen-bond acceptors (Lipinski definition) is 3. The third kappa shape index (κ3) is 2.66. The molecule has 0 saturated carbocycles. The number of benzene rings is 2. The standard InChI is InChI=1S/C14H12FNO2/c1-18-13-7-2-4-10(14(13)17)9-16-12-6-3-5-11(15)8-12/h2-9,17H,1H3. The third-order valence-corrected chi connectivity index (χ3v) is 2.41. The molecule has 0 aliphatic rings. The molecule has 3 nitrogen and oxygen atoms in total. The summed E-state index contributed by atoms with van der Waals surface area (Å²) in [7, 11) is 1.47. The maximum atomic E-state index is 12.9. The minimum atomic E-state index is -0.348. The number of hydrogen-bond donors (Lipinski definition) is 1. The van der Waals surface area contributed by atoms with Crippen molar-refractivity contribution in [1.29, 1.82) is 0 Å². The van der Waals surface area contributed by atoms with E-state index in [1.54, 1.807) is 30.3 Å². The maximum absolute atomic E-state index is 12.9. The first-order valence-corrected chi connectivity index (χ1v) is 5.36. The Bertz CT molecular complexity index is 582. The van der Waals surface area contributed by atoms with Gasteiger partial charge in [0, 0.05) is 11.8 Å². The average Bonchev–Trinajstić information content (AvgIpc) is 2.38. The first kappa shape index (κ1) is 12.1. The van der Waals surface area contributed by atoms with Gasteiger partial charge in [-0.1, -0.05) is 12.1 Å². The lowest BCUT2D eigenvalue weighted by Gasteiger charge is -2.04. The molecule has 18 heavy (non-hydrogen) atoms. The van der Waals surface area contributed by atoms with Crippen LogP contribution in [-0.2, 0) is 0 Å². The van der Waals surface area contributed by atoms with Crippen LogP contribution in [-0.4, -0.2) is 18.4 Å². The predicted molar refractivity (Wildman–Crippen MR) is 68.3 cm³/mol. The van der Waals surface area contributed by atoms with E-state index < -0.39 is 0 Å². The summed E-state index contributed by atoms with van der Waals surface area (Å²) in [5.74, 6) is 0.0397. The van der Waals surface area contributed by atoms with Crippen LogP contribution in [0.5, 0.6) is 11.5 Å². The number of phenolic OH excluding ortho intramolecular Hbond substituents is 1. The maximum Gasteiger partial charge on any atom is 0.166 e. The van der Waals surface area contributed by atoms with Gasteiger partial charge in [-0.3, -0.25) is 4.99 Å². The van der Waals surface area contributed by atoms with Crippen LogP contribution in [0.15, 0.2) is 47.5 Å². The van der Waals surface area contributed by atoms with Crippen LogP contribution < -0.4 is 4.74 Å². The molecule has 0 bridgehead atoms. The second-order valence-electron chi connectivity index (χ2n) is 3.64. The number of para-hydroxylation sites is 1. The summed E-state index contributed by atoms with van der Waals surface area (Å²) in [5.41, 5.74) is 0.996. The average molecular weight is 245 g/mol. The van der Waals surface area contributed by atoms with E-state index in [1.807, 2.05) is 0 Å². The van der Waals surface area contributed by atoms with E-state index in [1.165, 1.54) is 25.5 Å². The van der Waals surface area contributed by atoms with Crippen molar-refractivity contribution in [3.8, 4) is 11.5 Å². The zero-order valence-corrected chi connectivity index (χ0v) is 9.80. The van der Waals surface area contributed by atoms with Crippen molar-refractivity contribution in [2.75, 3.05) is 7.11 Å². The third-order valence-electron chi connectivity index (χ3n) is 2.41. The number of nitrogens with zero attached hydrogens (tertiary/aromatic N) is 1. The van der Waals surface area contributed by atoms with Gasteiger partial charge in [0.25, 0.3) is 0 Å². The fraction of sp³-hybridized carbons (Fsp3) is 0.0714. The summed E-state index contributed by atoms with van der Waals surface area (Å²) in [6.07, 6.45) is 1.46. The zero-order valence-electron chi connectivity index (χ0n) is 9.80. The fourth-order valence-corrected chi connectivity index (χ4v) is 1.51. The lowest BCUT2D eigenvalue weighted by Crippen LogP contribution is -1.88. The van der Waals surface area contributed by atoms with Crippen LogP contribution >= 0.6 is 0 Å². The highest BCUT2D eigenvalue weighted by atomic mass is 19.1. The van der Waals surface area contributed by atoms with Crippen molar-refractivity contribution < 1.29 is 14.2 Å². The Morgan fingerprint density at radius 3 is 2.72 bits per heavy atom. The number of halogens is 1. The van der Waals surface area contributed by atoms with E-state index in [0.717, 1.165) is 0 Å². The SMILES string of the molecule is COc1cccc(C=Nc2cccc(F)c2)c1O. The van der Waals surface area contributed by atoms with Gasteiger partial charge in [0.1, 0.15) is 5.82 Å². The second kappa shape index (κ2) is 5.31. The van der Waals surface area contributed by atoms with Crippen molar-refractivity contribution in [3.63, 3.8) is 0 Å². The summed E-state index contributed by atoms with van der Waals surface area (Å²) < 4.78 is 17.9. The van der Waals surface area contributed by atoms with E-state index in [-0.39, 0.29) is 11.6 Å². The number of phenols is 1. The Kier molecular flexibility index (Phi) is 3.57. The number of aliphatic imine (C=N–C) groups is 1. The summed E-state index contributed by atoms with van der Waals surface area (Å²) in [5, 5.41) is 9.83. The minimum Gasteiger partial charge on any atom is -0.504 e. The largest absolute Gasteiger partial charge is 0.504 e. The molecule has 92 valence electrons. The van der Waals surface area contributed by atoms with Crippen molar-refractivity contribution >= 4 is 11.9 Å². The number of methoxy groups -OCH3 is 1. The second-order valence-corrected chi connectivity index (χ2v) is 3.64. The van der Waals surface area contributed by atoms with Gasteiger partial charge in [0.2, 0.25) is 0 Å². The molecule has 0 spiro atoms. The molecular weight excluding hydrogens is 233 g/mol. The van der Waals surface area contributed by atoms with Crippen LogP contribution in [0.4, 0.5) is 10.1 Å². The number of aromatic hydroxyl groups is 1. The van der Waals surface area contributed by atoms with Crippen molar-refractivity contribution in [1.82, 2.24) is 0 Å².